The summed E-state index contributed by atoms with van der Waals surface area (Å²) in [6, 6.07) is 3.41. The highest BCUT2D eigenvalue weighted by molar-refractivity contribution is 5.43. The number of anilines is 2. The standard InChI is InChI=1S/C19H31N5/c1-2-4-13-23(12-3-1)18-10-11-20-19(22-18)21-16-7-6-14-24(15-16)17-8-5-9-17/h10-11,16-17H,1-9,12-15H2,(H,20,21,22). The van der Waals surface area contributed by atoms with Gasteiger partial charge >= 0.3 is 0 Å². The number of aromatic nitrogens is 2. The Kier molecular flexibility index (Phi) is 5.16. The lowest BCUT2D eigenvalue weighted by molar-refractivity contribution is 0.0989. The molecule has 1 N–H and O–H groups in total. The highest BCUT2D eigenvalue weighted by Gasteiger charge is 2.29. The molecule has 0 radical (unpaired) electrons. The van der Waals surface area contributed by atoms with Crippen LogP contribution in [0.5, 0.6) is 0 Å². The molecule has 0 aromatic carbocycles. The zero-order chi connectivity index (χ0) is 16.2. The molecule has 1 aromatic rings. The molecule has 3 aliphatic rings. The van der Waals surface area contributed by atoms with Gasteiger partial charge in [0.1, 0.15) is 5.82 Å². The summed E-state index contributed by atoms with van der Waals surface area (Å²) in [5.41, 5.74) is 0. The molecule has 3 heterocycles. The second kappa shape index (κ2) is 7.68. The molecule has 0 bridgehead atoms. The molecule has 0 amide bonds. The first-order valence-corrected chi connectivity index (χ1v) is 9.97. The molecule has 24 heavy (non-hydrogen) atoms. The van der Waals surface area contributed by atoms with E-state index in [1.165, 1.54) is 64.3 Å². The summed E-state index contributed by atoms with van der Waals surface area (Å²) < 4.78 is 0. The number of nitrogens with zero attached hydrogens (tertiary/aromatic N) is 4. The van der Waals surface area contributed by atoms with Gasteiger partial charge in [0.05, 0.1) is 0 Å². The first kappa shape index (κ1) is 16.1. The van der Waals surface area contributed by atoms with E-state index in [0.717, 1.165) is 37.4 Å². The molecule has 1 aromatic heterocycles. The van der Waals surface area contributed by atoms with Crippen molar-refractivity contribution < 1.29 is 0 Å². The number of nitrogens with one attached hydrogen (secondary N) is 1. The van der Waals surface area contributed by atoms with Crippen molar-refractivity contribution in [3.63, 3.8) is 0 Å². The van der Waals surface area contributed by atoms with E-state index in [4.69, 9.17) is 4.98 Å². The third-order valence-corrected chi connectivity index (χ3v) is 5.95. The summed E-state index contributed by atoms with van der Waals surface area (Å²) in [6.07, 6.45) is 13.9. The van der Waals surface area contributed by atoms with E-state index in [2.05, 4.69) is 26.2 Å². The predicted molar refractivity (Wildman–Crippen MR) is 98.6 cm³/mol. The molecular formula is C19H31N5. The van der Waals surface area contributed by atoms with Gasteiger partial charge in [0.2, 0.25) is 5.95 Å². The van der Waals surface area contributed by atoms with Gasteiger partial charge in [-0.2, -0.15) is 4.98 Å². The fraction of sp³-hybridized carbons (Fsp3) is 0.789. The quantitative estimate of drug-likeness (QED) is 0.918. The van der Waals surface area contributed by atoms with Crippen molar-refractivity contribution in [1.29, 1.82) is 0 Å². The fourth-order valence-corrected chi connectivity index (χ4v) is 4.28. The highest BCUT2D eigenvalue weighted by Crippen LogP contribution is 2.28. The van der Waals surface area contributed by atoms with Gasteiger partial charge in [-0.3, -0.25) is 4.90 Å². The molecular weight excluding hydrogens is 298 g/mol. The molecule has 5 heteroatoms. The minimum atomic E-state index is 0.499. The first-order valence-electron chi connectivity index (χ1n) is 9.97. The topological polar surface area (TPSA) is 44.3 Å². The Morgan fingerprint density at radius 3 is 2.50 bits per heavy atom. The average Bonchev–Trinajstić information content (AvgIpc) is 2.83. The second-order valence-electron chi connectivity index (χ2n) is 7.70. The summed E-state index contributed by atoms with van der Waals surface area (Å²) in [6.45, 7) is 4.70. The van der Waals surface area contributed by atoms with Crippen molar-refractivity contribution >= 4 is 11.8 Å². The van der Waals surface area contributed by atoms with Gasteiger partial charge in [-0.25, -0.2) is 4.98 Å². The SMILES string of the molecule is c1cc(N2CCCCCC2)nc(NC2CCCN(C3CCC3)C2)n1. The molecule has 1 unspecified atom stereocenters. The Morgan fingerprint density at radius 1 is 0.917 bits per heavy atom. The van der Waals surface area contributed by atoms with Gasteiger partial charge in [0.25, 0.3) is 0 Å². The van der Waals surface area contributed by atoms with Crippen molar-refractivity contribution in [3.8, 4) is 0 Å². The molecule has 1 atom stereocenters. The molecule has 0 spiro atoms. The summed E-state index contributed by atoms with van der Waals surface area (Å²) in [4.78, 5) is 14.4. The molecule has 3 fully saturated rings. The smallest absolute Gasteiger partial charge is 0.224 e. The normalized spacial score (nSPS) is 26.7. The van der Waals surface area contributed by atoms with Crippen LogP contribution in [-0.4, -0.2) is 53.1 Å². The molecule has 1 aliphatic carbocycles. The number of hydrogen-bond donors (Lipinski definition) is 1. The molecule has 4 rings (SSSR count). The van der Waals surface area contributed by atoms with Crippen molar-refractivity contribution in [1.82, 2.24) is 14.9 Å². The molecule has 2 saturated heterocycles. The Labute approximate surface area is 145 Å². The summed E-state index contributed by atoms with van der Waals surface area (Å²) in [5.74, 6) is 1.92. The first-order chi connectivity index (χ1) is 11.9. The maximum Gasteiger partial charge on any atom is 0.224 e. The van der Waals surface area contributed by atoms with E-state index < -0.39 is 0 Å². The van der Waals surface area contributed by atoms with Gasteiger partial charge in [-0.05, 0) is 51.1 Å². The number of likely N-dealkylation sites (tertiary alicyclic amines) is 1. The molecule has 5 nitrogen and oxygen atoms in total. The summed E-state index contributed by atoms with van der Waals surface area (Å²) in [5, 5.41) is 3.62. The van der Waals surface area contributed by atoms with Crippen LogP contribution in [0.2, 0.25) is 0 Å². The largest absolute Gasteiger partial charge is 0.356 e. The van der Waals surface area contributed by atoms with Crippen molar-refractivity contribution in [3.05, 3.63) is 12.3 Å². The lowest BCUT2D eigenvalue weighted by Gasteiger charge is -2.42. The van der Waals surface area contributed by atoms with Crippen LogP contribution in [0.1, 0.15) is 57.8 Å². The van der Waals surface area contributed by atoms with Gasteiger partial charge in [-0.1, -0.05) is 19.3 Å². The monoisotopic (exact) mass is 329 g/mol. The van der Waals surface area contributed by atoms with E-state index in [1.54, 1.807) is 0 Å². The van der Waals surface area contributed by atoms with Gasteiger partial charge in [0.15, 0.2) is 0 Å². The van der Waals surface area contributed by atoms with Crippen LogP contribution in [0.25, 0.3) is 0 Å². The van der Waals surface area contributed by atoms with Crippen LogP contribution in [0, 0.1) is 0 Å². The minimum Gasteiger partial charge on any atom is -0.356 e. The molecule has 132 valence electrons. The van der Waals surface area contributed by atoms with Crippen LogP contribution in [0.15, 0.2) is 12.3 Å². The number of hydrogen-bond acceptors (Lipinski definition) is 5. The maximum absolute atomic E-state index is 4.82. The van der Waals surface area contributed by atoms with Crippen LogP contribution in [0.3, 0.4) is 0 Å². The zero-order valence-corrected chi connectivity index (χ0v) is 14.8. The second-order valence-corrected chi connectivity index (χ2v) is 7.70. The number of piperidine rings is 1. The Hall–Kier alpha value is -1.36. The Balaban J connectivity index is 1.38. The summed E-state index contributed by atoms with van der Waals surface area (Å²) >= 11 is 0. The highest BCUT2D eigenvalue weighted by atomic mass is 15.3. The summed E-state index contributed by atoms with van der Waals surface area (Å²) in [7, 11) is 0. The van der Waals surface area contributed by atoms with Crippen LogP contribution in [-0.2, 0) is 0 Å². The zero-order valence-electron chi connectivity index (χ0n) is 14.8. The van der Waals surface area contributed by atoms with Crippen LogP contribution < -0.4 is 10.2 Å². The van der Waals surface area contributed by atoms with Crippen molar-refractivity contribution in [2.24, 2.45) is 0 Å². The van der Waals surface area contributed by atoms with Crippen LogP contribution >= 0.6 is 0 Å². The minimum absolute atomic E-state index is 0.499. The Bertz CT molecular complexity index is 522. The van der Waals surface area contributed by atoms with E-state index >= 15 is 0 Å². The lowest BCUT2D eigenvalue weighted by Crippen LogP contribution is -2.49. The lowest BCUT2D eigenvalue weighted by atomic mass is 9.89. The van der Waals surface area contributed by atoms with Crippen molar-refractivity contribution in [2.75, 3.05) is 36.4 Å². The fourth-order valence-electron chi connectivity index (χ4n) is 4.28. The van der Waals surface area contributed by atoms with E-state index in [0.29, 0.717) is 6.04 Å². The van der Waals surface area contributed by atoms with Crippen LogP contribution in [0.4, 0.5) is 11.8 Å². The van der Waals surface area contributed by atoms with Gasteiger partial charge in [-0.15, -0.1) is 0 Å². The van der Waals surface area contributed by atoms with Gasteiger partial charge < -0.3 is 10.2 Å². The third kappa shape index (κ3) is 3.82. The van der Waals surface area contributed by atoms with E-state index in [-0.39, 0.29) is 0 Å². The Morgan fingerprint density at radius 2 is 1.75 bits per heavy atom. The van der Waals surface area contributed by atoms with Gasteiger partial charge in [0, 0.05) is 37.9 Å². The van der Waals surface area contributed by atoms with E-state index in [9.17, 15) is 0 Å². The molecule has 1 saturated carbocycles. The van der Waals surface area contributed by atoms with E-state index in [1.807, 2.05) is 6.20 Å². The maximum atomic E-state index is 4.82. The molecule has 2 aliphatic heterocycles. The van der Waals surface area contributed by atoms with Crippen molar-refractivity contribution in [2.45, 2.75) is 69.9 Å². The average molecular weight is 329 g/mol. The predicted octanol–water partition coefficient (Wildman–Crippen LogP) is 3.29. The number of rotatable bonds is 4. The third-order valence-electron chi connectivity index (χ3n) is 5.95.